The minimum absolute atomic E-state index is 0.361. The van der Waals surface area contributed by atoms with E-state index >= 15 is 0 Å². The van der Waals surface area contributed by atoms with E-state index in [1.54, 1.807) is 6.07 Å². The van der Waals surface area contributed by atoms with Crippen molar-refractivity contribution in [2.75, 3.05) is 12.8 Å². The molecule has 0 amide bonds. The second kappa shape index (κ2) is 3.21. The van der Waals surface area contributed by atoms with Crippen molar-refractivity contribution in [2.45, 2.75) is 12.5 Å². The van der Waals surface area contributed by atoms with Gasteiger partial charge in [0.2, 0.25) is 0 Å². The number of methoxy groups -OCH3 is 1. The average Bonchev–Trinajstić information content (AvgIpc) is 2.62. The van der Waals surface area contributed by atoms with Gasteiger partial charge in [-0.25, -0.2) is 4.79 Å². The van der Waals surface area contributed by atoms with Crippen LogP contribution < -0.4 is 10.5 Å². The molecule has 0 saturated heterocycles. The monoisotopic (exact) mass is 193 g/mol. The van der Waals surface area contributed by atoms with Crippen molar-refractivity contribution < 1.29 is 14.3 Å². The van der Waals surface area contributed by atoms with Gasteiger partial charge in [-0.3, -0.25) is 0 Å². The Morgan fingerprint density at radius 3 is 3.07 bits per heavy atom. The summed E-state index contributed by atoms with van der Waals surface area (Å²) < 4.78 is 9.99. The number of hydrogen-bond donors (Lipinski definition) is 1. The van der Waals surface area contributed by atoms with Crippen LogP contribution in [0.2, 0.25) is 0 Å². The third-order valence-electron chi connectivity index (χ3n) is 2.26. The fourth-order valence-corrected chi connectivity index (χ4v) is 1.56. The standard InChI is InChI=1S/C10H11NO3/c1-13-10(12)8-5-6-3-2-4-7(11)9(6)14-8/h2-4,8H,5,11H2,1H3/t8-/m0/s1. The molecule has 0 aliphatic carbocycles. The summed E-state index contributed by atoms with van der Waals surface area (Å²) >= 11 is 0. The van der Waals surface area contributed by atoms with Crippen molar-refractivity contribution in [1.29, 1.82) is 0 Å². The normalized spacial score (nSPS) is 18.5. The molecule has 0 bridgehead atoms. The summed E-state index contributed by atoms with van der Waals surface area (Å²) in [5, 5.41) is 0. The van der Waals surface area contributed by atoms with E-state index in [-0.39, 0.29) is 5.97 Å². The summed E-state index contributed by atoms with van der Waals surface area (Å²) in [6, 6.07) is 5.49. The maximum Gasteiger partial charge on any atom is 0.347 e. The first-order valence-electron chi connectivity index (χ1n) is 4.34. The first kappa shape index (κ1) is 8.87. The lowest BCUT2D eigenvalue weighted by atomic mass is 10.1. The molecule has 1 aromatic rings. The molecule has 2 N–H and O–H groups in total. The molecule has 0 radical (unpaired) electrons. The molecule has 0 spiro atoms. The van der Waals surface area contributed by atoms with Gasteiger partial charge in [-0.2, -0.15) is 0 Å². The van der Waals surface area contributed by atoms with Crippen molar-refractivity contribution in [1.82, 2.24) is 0 Å². The highest BCUT2D eigenvalue weighted by Crippen LogP contribution is 2.34. The molecule has 0 unspecified atom stereocenters. The fourth-order valence-electron chi connectivity index (χ4n) is 1.56. The Balaban J connectivity index is 2.26. The van der Waals surface area contributed by atoms with Crippen LogP contribution in [0.4, 0.5) is 5.69 Å². The van der Waals surface area contributed by atoms with E-state index in [9.17, 15) is 4.79 Å². The van der Waals surface area contributed by atoms with Crippen LogP contribution in [0.15, 0.2) is 18.2 Å². The number of para-hydroxylation sites is 1. The summed E-state index contributed by atoms with van der Waals surface area (Å²) in [5.41, 5.74) is 7.22. The Labute approximate surface area is 81.6 Å². The molecular formula is C10H11NO3. The van der Waals surface area contributed by atoms with Crippen molar-refractivity contribution >= 4 is 11.7 Å². The molecule has 0 fully saturated rings. The van der Waals surface area contributed by atoms with Gasteiger partial charge in [-0.05, 0) is 6.07 Å². The van der Waals surface area contributed by atoms with Gasteiger partial charge in [-0.1, -0.05) is 12.1 Å². The van der Waals surface area contributed by atoms with E-state index in [4.69, 9.17) is 10.5 Å². The number of esters is 1. The zero-order valence-corrected chi connectivity index (χ0v) is 7.82. The van der Waals surface area contributed by atoms with Crippen LogP contribution in [0.3, 0.4) is 0 Å². The van der Waals surface area contributed by atoms with E-state index in [1.165, 1.54) is 7.11 Å². The number of carbonyl (C=O) groups is 1. The fraction of sp³-hybridized carbons (Fsp3) is 0.300. The lowest BCUT2D eigenvalue weighted by Crippen LogP contribution is -2.26. The summed E-state index contributed by atoms with van der Waals surface area (Å²) in [7, 11) is 1.35. The Morgan fingerprint density at radius 1 is 1.64 bits per heavy atom. The molecule has 74 valence electrons. The van der Waals surface area contributed by atoms with Gasteiger partial charge in [0.25, 0.3) is 0 Å². The summed E-state index contributed by atoms with van der Waals surface area (Å²) in [5.74, 6) is 0.253. The van der Waals surface area contributed by atoms with Gasteiger partial charge >= 0.3 is 5.97 Å². The molecule has 1 aliphatic heterocycles. The van der Waals surface area contributed by atoms with Crippen molar-refractivity contribution in [2.24, 2.45) is 0 Å². The molecule has 1 atom stereocenters. The van der Waals surface area contributed by atoms with E-state index in [2.05, 4.69) is 4.74 Å². The number of hydrogen-bond acceptors (Lipinski definition) is 4. The van der Waals surface area contributed by atoms with Crippen molar-refractivity contribution in [3.63, 3.8) is 0 Å². The maximum atomic E-state index is 11.2. The molecule has 1 heterocycles. The topological polar surface area (TPSA) is 61.5 Å². The van der Waals surface area contributed by atoms with Crippen LogP contribution >= 0.6 is 0 Å². The van der Waals surface area contributed by atoms with Gasteiger partial charge in [0, 0.05) is 12.0 Å². The van der Waals surface area contributed by atoms with Crippen LogP contribution in [0.5, 0.6) is 5.75 Å². The van der Waals surface area contributed by atoms with Crippen molar-refractivity contribution in [3.05, 3.63) is 23.8 Å². The predicted molar refractivity (Wildman–Crippen MR) is 51.0 cm³/mol. The largest absolute Gasteiger partial charge is 0.476 e. The zero-order valence-electron chi connectivity index (χ0n) is 7.82. The first-order valence-corrected chi connectivity index (χ1v) is 4.34. The SMILES string of the molecule is COC(=O)[C@@H]1Cc2cccc(N)c2O1. The third kappa shape index (κ3) is 1.28. The minimum Gasteiger partial charge on any atom is -0.476 e. The number of ether oxygens (including phenoxy) is 2. The number of nitrogens with two attached hydrogens (primary N) is 1. The molecule has 4 heteroatoms. The number of fused-ring (bicyclic) bond motifs is 1. The van der Waals surface area contributed by atoms with E-state index in [0.29, 0.717) is 17.9 Å². The second-order valence-corrected chi connectivity index (χ2v) is 3.17. The molecule has 1 aromatic carbocycles. The van der Waals surface area contributed by atoms with Crippen LogP contribution in [0, 0.1) is 0 Å². The molecule has 4 nitrogen and oxygen atoms in total. The first-order chi connectivity index (χ1) is 6.72. The van der Waals surface area contributed by atoms with Gasteiger partial charge in [0.1, 0.15) is 5.75 Å². The smallest absolute Gasteiger partial charge is 0.347 e. The van der Waals surface area contributed by atoms with Crippen LogP contribution in [-0.4, -0.2) is 19.2 Å². The highest BCUT2D eigenvalue weighted by molar-refractivity contribution is 5.78. The summed E-state index contributed by atoms with van der Waals surface area (Å²) in [6.45, 7) is 0. The Bertz CT molecular complexity index is 376. The molecule has 14 heavy (non-hydrogen) atoms. The van der Waals surface area contributed by atoms with Gasteiger partial charge in [-0.15, -0.1) is 0 Å². The molecule has 0 aromatic heterocycles. The third-order valence-corrected chi connectivity index (χ3v) is 2.26. The van der Waals surface area contributed by atoms with E-state index < -0.39 is 6.10 Å². The Hall–Kier alpha value is -1.71. The van der Waals surface area contributed by atoms with Crippen LogP contribution in [-0.2, 0) is 16.0 Å². The van der Waals surface area contributed by atoms with E-state index in [0.717, 1.165) is 5.56 Å². The van der Waals surface area contributed by atoms with Crippen LogP contribution in [0.25, 0.3) is 0 Å². The van der Waals surface area contributed by atoms with Gasteiger partial charge in [0.15, 0.2) is 6.10 Å². The lowest BCUT2D eigenvalue weighted by molar-refractivity contribution is -0.147. The predicted octanol–water partition coefficient (Wildman–Crippen LogP) is 0.745. The number of carbonyl (C=O) groups excluding carboxylic acids is 1. The van der Waals surface area contributed by atoms with Gasteiger partial charge < -0.3 is 15.2 Å². The zero-order chi connectivity index (χ0) is 10.1. The number of anilines is 1. The minimum atomic E-state index is -0.542. The second-order valence-electron chi connectivity index (χ2n) is 3.17. The summed E-state index contributed by atoms with van der Waals surface area (Å²) in [6.07, 6.45) is -0.00718. The Kier molecular flexibility index (Phi) is 2.04. The maximum absolute atomic E-state index is 11.2. The lowest BCUT2D eigenvalue weighted by Gasteiger charge is -2.08. The number of benzene rings is 1. The number of nitrogen functional groups attached to an aromatic ring is 1. The van der Waals surface area contributed by atoms with Crippen molar-refractivity contribution in [3.8, 4) is 5.75 Å². The molecule has 0 saturated carbocycles. The van der Waals surface area contributed by atoms with Crippen LogP contribution in [0.1, 0.15) is 5.56 Å². The quantitative estimate of drug-likeness (QED) is 0.528. The molecule has 2 rings (SSSR count). The van der Waals surface area contributed by atoms with E-state index in [1.807, 2.05) is 12.1 Å². The Morgan fingerprint density at radius 2 is 2.43 bits per heavy atom. The number of rotatable bonds is 1. The molecule has 1 aliphatic rings. The van der Waals surface area contributed by atoms with Gasteiger partial charge in [0.05, 0.1) is 12.8 Å². The highest BCUT2D eigenvalue weighted by Gasteiger charge is 2.30. The summed E-state index contributed by atoms with van der Waals surface area (Å²) in [4.78, 5) is 11.2. The average molecular weight is 193 g/mol. The molecular weight excluding hydrogens is 182 g/mol. The highest BCUT2D eigenvalue weighted by atomic mass is 16.6.